The molecular weight excluding hydrogens is 452 g/mol. The molecule has 0 radical (unpaired) electrons. The van der Waals surface area contributed by atoms with Gasteiger partial charge in [-0.15, -0.1) is 0 Å². The monoisotopic (exact) mass is 467 g/mol. The molecule has 2 rings (SSSR count). The van der Waals surface area contributed by atoms with Gasteiger partial charge in [-0.05, 0) is 18.6 Å². The van der Waals surface area contributed by atoms with E-state index < -0.39 is 31.1 Å². The number of nitrogens with zero attached hydrogens (tertiary/aromatic N) is 3. The number of hydrogen-bond donors (Lipinski definition) is 0. The number of para-hydroxylation sites is 1. The van der Waals surface area contributed by atoms with Gasteiger partial charge in [-0.25, -0.2) is 26.0 Å². The van der Waals surface area contributed by atoms with Crippen LogP contribution in [0.4, 0.5) is 26.3 Å². The van der Waals surface area contributed by atoms with Crippen molar-refractivity contribution in [1.82, 2.24) is 4.57 Å². The molecule has 0 bridgehead atoms. The summed E-state index contributed by atoms with van der Waals surface area (Å²) in [5, 5.41) is 0. The molecule has 0 amide bonds. The van der Waals surface area contributed by atoms with Gasteiger partial charge >= 0.3 is 11.0 Å². The van der Waals surface area contributed by atoms with Gasteiger partial charge in [0.05, 0.1) is 6.54 Å². The van der Waals surface area contributed by atoms with Crippen LogP contribution in [0.3, 0.4) is 0 Å². The van der Waals surface area contributed by atoms with Crippen LogP contribution in [-0.4, -0.2) is 32.4 Å². The van der Waals surface area contributed by atoms with Gasteiger partial charge < -0.3 is 4.13 Å². The normalized spacial score (nSPS) is 12.9. The lowest BCUT2D eigenvalue weighted by Crippen LogP contribution is -2.30. The second-order valence-electron chi connectivity index (χ2n) is 5.31. The van der Waals surface area contributed by atoms with E-state index in [-0.39, 0.29) is 0 Å². The SMILES string of the molecule is CCC[n+]1ccn(-c2ccccc2)c1.O=S(=O)([N-]S(=O)(=O)C(F)(F)F)C(F)(F)F. The smallest absolute Gasteiger partial charge is 0.421 e. The Kier molecular flexibility index (Phi) is 7.84. The lowest BCUT2D eigenvalue weighted by atomic mass is 10.3. The third kappa shape index (κ3) is 7.01. The van der Waals surface area contributed by atoms with E-state index >= 15 is 0 Å². The predicted octanol–water partition coefficient (Wildman–Crippen LogP) is 3.23. The standard InChI is InChI=1S/C12H15N2.C2F6NO4S2/c1-2-8-13-9-10-14(11-13)12-6-4-3-5-7-12;3-1(4,5)14(10,11)9-15(12,13)2(6,7)8/h3-7,9-11H,2,8H2,1H3;/q+1;-1. The fourth-order valence-corrected chi connectivity index (χ4v) is 3.46. The van der Waals surface area contributed by atoms with Crippen molar-refractivity contribution in [2.45, 2.75) is 30.9 Å². The zero-order valence-electron chi connectivity index (χ0n) is 14.6. The molecule has 1 aromatic carbocycles. The summed E-state index contributed by atoms with van der Waals surface area (Å²) in [6.45, 7) is 3.27. The molecule has 15 heteroatoms. The van der Waals surface area contributed by atoms with Crippen molar-refractivity contribution in [2.75, 3.05) is 0 Å². The minimum absolute atomic E-state index is 0.778. The van der Waals surface area contributed by atoms with Crippen LogP contribution in [0.2, 0.25) is 0 Å². The summed E-state index contributed by atoms with van der Waals surface area (Å²) in [4.78, 5) is 0. The Labute approximate surface area is 162 Å². The van der Waals surface area contributed by atoms with E-state index in [0.717, 1.165) is 10.7 Å². The fourth-order valence-electron chi connectivity index (χ4n) is 1.75. The van der Waals surface area contributed by atoms with Crippen molar-refractivity contribution in [2.24, 2.45) is 0 Å². The van der Waals surface area contributed by atoms with Gasteiger partial charge in [0.2, 0.25) is 6.33 Å². The van der Waals surface area contributed by atoms with Crippen molar-refractivity contribution in [3.63, 3.8) is 0 Å². The number of sulfonamides is 2. The van der Waals surface area contributed by atoms with Gasteiger partial charge in [0.1, 0.15) is 18.1 Å². The average molecular weight is 467 g/mol. The molecule has 1 aromatic heterocycles. The number of imidazole rings is 1. The van der Waals surface area contributed by atoms with Gasteiger partial charge in [-0.1, -0.05) is 25.1 Å². The number of benzene rings is 1. The molecule has 1 heterocycles. The van der Waals surface area contributed by atoms with Gasteiger partial charge in [-0.2, -0.15) is 26.3 Å². The summed E-state index contributed by atoms with van der Waals surface area (Å²) < 4.78 is 114. The molecule has 0 aliphatic carbocycles. The molecule has 2 aromatic rings. The van der Waals surface area contributed by atoms with E-state index in [9.17, 15) is 43.2 Å². The molecule has 7 nitrogen and oxygen atoms in total. The fraction of sp³-hybridized carbons (Fsp3) is 0.357. The highest BCUT2D eigenvalue weighted by Crippen LogP contribution is 2.36. The van der Waals surface area contributed by atoms with Crippen molar-refractivity contribution in [1.29, 1.82) is 0 Å². The summed E-state index contributed by atoms with van der Waals surface area (Å²) >= 11 is 0. The lowest BCUT2D eigenvalue weighted by molar-refractivity contribution is -0.696. The number of aryl methyl sites for hydroxylation is 1. The van der Waals surface area contributed by atoms with Crippen molar-refractivity contribution in [3.8, 4) is 5.69 Å². The molecular formula is C14H15F6N3O4S2. The van der Waals surface area contributed by atoms with Crippen LogP contribution in [0.25, 0.3) is 9.81 Å². The second kappa shape index (κ2) is 9.13. The zero-order chi connectivity index (χ0) is 22.5. The molecule has 0 N–H and O–H groups in total. The Morgan fingerprint density at radius 2 is 1.41 bits per heavy atom. The van der Waals surface area contributed by atoms with Crippen molar-refractivity contribution in [3.05, 3.63) is 53.2 Å². The Hall–Kier alpha value is -2.13. The molecule has 164 valence electrons. The van der Waals surface area contributed by atoms with E-state index in [1.165, 1.54) is 12.1 Å². The Balaban J connectivity index is 0.000000290. The van der Waals surface area contributed by atoms with Crippen molar-refractivity contribution >= 4 is 20.0 Å². The molecule has 0 unspecified atom stereocenters. The summed E-state index contributed by atoms with van der Waals surface area (Å²) in [6, 6.07) is 10.4. The number of rotatable bonds is 5. The molecule has 0 aliphatic rings. The predicted molar refractivity (Wildman–Crippen MR) is 89.6 cm³/mol. The third-order valence-corrected chi connectivity index (χ3v) is 5.75. The molecule has 29 heavy (non-hydrogen) atoms. The van der Waals surface area contributed by atoms with E-state index in [1.54, 1.807) is 0 Å². The van der Waals surface area contributed by atoms with E-state index in [2.05, 4.69) is 59.0 Å². The van der Waals surface area contributed by atoms with E-state index in [1.807, 2.05) is 6.07 Å². The minimum atomic E-state index is -6.72. The zero-order valence-corrected chi connectivity index (χ0v) is 16.2. The lowest BCUT2D eigenvalue weighted by Gasteiger charge is -2.22. The van der Waals surface area contributed by atoms with Crippen LogP contribution in [0, 0.1) is 0 Å². The van der Waals surface area contributed by atoms with Crippen LogP contribution in [0.1, 0.15) is 13.3 Å². The molecule has 0 saturated heterocycles. The maximum absolute atomic E-state index is 11.4. The first kappa shape index (κ1) is 24.9. The van der Waals surface area contributed by atoms with Crippen LogP contribution in [0.5, 0.6) is 0 Å². The summed E-state index contributed by atoms with van der Waals surface area (Å²) in [5.41, 5.74) is -11.2. The number of alkyl halides is 6. The highest BCUT2D eigenvalue weighted by Gasteiger charge is 2.46. The molecule has 0 fully saturated rings. The quantitative estimate of drug-likeness (QED) is 0.499. The van der Waals surface area contributed by atoms with Crippen LogP contribution < -0.4 is 4.57 Å². The highest BCUT2D eigenvalue weighted by molar-refractivity contribution is 8.13. The number of aromatic nitrogens is 2. The summed E-state index contributed by atoms with van der Waals surface area (Å²) in [7, 11) is -13.4. The first-order valence-corrected chi connectivity index (χ1v) is 10.5. The molecule has 0 saturated carbocycles. The maximum Gasteiger partial charge on any atom is 0.480 e. The average Bonchev–Trinajstić information content (AvgIpc) is 3.02. The summed E-state index contributed by atoms with van der Waals surface area (Å²) in [6.07, 6.45) is 7.49. The van der Waals surface area contributed by atoms with Gasteiger partial charge in [-0.3, -0.25) is 0 Å². The van der Waals surface area contributed by atoms with Crippen LogP contribution in [-0.2, 0) is 26.6 Å². The largest absolute Gasteiger partial charge is 0.480 e. The van der Waals surface area contributed by atoms with Crippen molar-refractivity contribution < 1.29 is 47.7 Å². The third-order valence-electron chi connectivity index (χ3n) is 3.01. The molecule has 0 aliphatic heterocycles. The Morgan fingerprint density at radius 1 is 0.931 bits per heavy atom. The topological polar surface area (TPSA) is 91.2 Å². The Bertz CT molecular complexity index is 958. The van der Waals surface area contributed by atoms with Crippen LogP contribution >= 0.6 is 0 Å². The van der Waals surface area contributed by atoms with Gasteiger partial charge in [0.25, 0.3) is 0 Å². The molecule has 0 atom stereocenters. The van der Waals surface area contributed by atoms with Gasteiger partial charge in [0.15, 0.2) is 20.0 Å². The highest BCUT2D eigenvalue weighted by atomic mass is 32.3. The first-order chi connectivity index (χ1) is 13.1. The van der Waals surface area contributed by atoms with E-state index in [4.69, 9.17) is 0 Å². The van der Waals surface area contributed by atoms with E-state index in [0.29, 0.717) is 0 Å². The number of hydrogen-bond acceptors (Lipinski definition) is 4. The van der Waals surface area contributed by atoms with Crippen LogP contribution in [0.15, 0.2) is 49.1 Å². The summed E-state index contributed by atoms with van der Waals surface area (Å²) in [5.74, 6) is 0. The first-order valence-electron chi connectivity index (χ1n) is 7.60. The number of halogens is 6. The molecule has 0 spiro atoms. The minimum Gasteiger partial charge on any atom is -0.421 e. The second-order valence-corrected chi connectivity index (χ2v) is 8.73. The Morgan fingerprint density at radius 3 is 1.83 bits per heavy atom. The van der Waals surface area contributed by atoms with Gasteiger partial charge in [0, 0.05) is 0 Å². The maximum atomic E-state index is 11.4.